The van der Waals surface area contributed by atoms with Crippen molar-refractivity contribution in [2.75, 3.05) is 57.0 Å². The normalized spacial score (nSPS) is 22.7. The molecule has 26 heavy (non-hydrogen) atoms. The lowest BCUT2D eigenvalue weighted by molar-refractivity contribution is -0.132. The smallest absolute Gasteiger partial charge is 0.222 e. The Bertz CT molecular complexity index is 582. The molecular formula is C15H30IN5O3S2. The first kappa shape index (κ1) is 23.8. The number of aliphatic imine (C=N–C) groups is 1. The second kappa shape index (κ2) is 11.5. The Labute approximate surface area is 178 Å². The molecule has 2 rings (SSSR count). The lowest BCUT2D eigenvalue weighted by Gasteiger charge is -2.31. The number of carbonyl (C=O) groups excluding carboxylic acids is 1. The third kappa shape index (κ3) is 7.39. The van der Waals surface area contributed by atoms with E-state index in [1.165, 1.54) is 0 Å². The van der Waals surface area contributed by atoms with Crippen molar-refractivity contribution in [3.63, 3.8) is 0 Å². The van der Waals surface area contributed by atoms with Crippen LogP contribution in [0.1, 0.15) is 19.8 Å². The number of likely N-dealkylation sites (N-methyl/N-ethyl adjacent to an activating group) is 1. The molecule has 8 nitrogen and oxygen atoms in total. The van der Waals surface area contributed by atoms with Crippen LogP contribution in [-0.2, 0) is 14.8 Å². The maximum Gasteiger partial charge on any atom is 0.222 e. The van der Waals surface area contributed by atoms with Crippen LogP contribution in [0.15, 0.2) is 4.99 Å². The van der Waals surface area contributed by atoms with Crippen molar-refractivity contribution >= 4 is 57.6 Å². The van der Waals surface area contributed by atoms with Crippen molar-refractivity contribution in [1.82, 2.24) is 19.8 Å². The van der Waals surface area contributed by atoms with Gasteiger partial charge in [-0.1, -0.05) is 0 Å². The van der Waals surface area contributed by atoms with Crippen molar-refractivity contribution in [3.8, 4) is 0 Å². The molecule has 0 aromatic heterocycles. The number of amides is 1. The molecule has 1 atom stereocenters. The molecule has 2 heterocycles. The summed E-state index contributed by atoms with van der Waals surface area (Å²) in [6, 6.07) is 0.135. The van der Waals surface area contributed by atoms with Gasteiger partial charge in [0, 0.05) is 57.2 Å². The zero-order valence-electron chi connectivity index (χ0n) is 15.4. The molecule has 2 aliphatic heterocycles. The molecule has 0 saturated carbocycles. The van der Waals surface area contributed by atoms with E-state index in [1.54, 1.807) is 28.0 Å². The van der Waals surface area contributed by atoms with Crippen molar-refractivity contribution in [2.45, 2.75) is 25.8 Å². The SMILES string of the molecule is CCNC(=NCCS(=O)(=O)N1CCSCC1)NC1CCC(=O)N(C)C1.I. The van der Waals surface area contributed by atoms with E-state index < -0.39 is 10.0 Å². The van der Waals surface area contributed by atoms with Gasteiger partial charge < -0.3 is 15.5 Å². The van der Waals surface area contributed by atoms with Crippen molar-refractivity contribution in [3.05, 3.63) is 0 Å². The average Bonchev–Trinajstić information content (AvgIpc) is 2.59. The van der Waals surface area contributed by atoms with Gasteiger partial charge in [-0.05, 0) is 13.3 Å². The van der Waals surface area contributed by atoms with Crippen LogP contribution < -0.4 is 10.6 Å². The molecule has 2 saturated heterocycles. The highest BCUT2D eigenvalue weighted by molar-refractivity contribution is 14.0. The number of carbonyl (C=O) groups is 1. The van der Waals surface area contributed by atoms with Crippen LogP contribution in [0.4, 0.5) is 0 Å². The Morgan fingerprint density at radius 1 is 1.35 bits per heavy atom. The number of nitrogens with one attached hydrogen (secondary N) is 2. The third-order valence-corrected chi connectivity index (χ3v) is 7.09. The maximum absolute atomic E-state index is 12.4. The number of hydrogen-bond donors (Lipinski definition) is 2. The van der Waals surface area contributed by atoms with Gasteiger partial charge in [-0.3, -0.25) is 9.79 Å². The fourth-order valence-electron chi connectivity index (χ4n) is 2.87. The summed E-state index contributed by atoms with van der Waals surface area (Å²) in [7, 11) is -1.44. The number of rotatable bonds is 6. The van der Waals surface area contributed by atoms with E-state index in [9.17, 15) is 13.2 Å². The minimum absolute atomic E-state index is 0. The van der Waals surface area contributed by atoms with E-state index in [1.807, 2.05) is 6.92 Å². The lowest BCUT2D eigenvalue weighted by Crippen LogP contribution is -2.51. The first-order valence-electron chi connectivity index (χ1n) is 8.76. The number of nitrogens with zero attached hydrogens (tertiary/aromatic N) is 3. The predicted molar refractivity (Wildman–Crippen MR) is 118 cm³/mol. The molecule has 0 aliphatic carbocycles. The van der Waals surface area contributed by atoms with Crippen molar-refractivity contribution < 1.29 is 13.2 Å². The standard InChI is InChI=1S/C15H29N5O3S2.HI/c1-3-16-15(18-13-4-5-14(21)19(2)12-13)17-6-11-25(22,23)20-7-9-24-10-8-20;/h13H,3-12H2,1-2H3,(H2,16,17,18);1H. The van der Waals surface area contributed by atoms with Crippen LogP contribution in [0.25, 0.3) is 0 Å². The summed E-state index contributed by atoms with van der Waals surface area (Å²) in [5, 5.41) is 6.45. The summed E-state index contributed by atoms with van der Waals surface area (Å²) in [5.41, 5.74) is 0. The lowest BCUT2D eigenvalue weighted by atomic mass is 10.1. The zero-order chi connectivity index (χ0) is 18.3. The number of piperidine rings is 1. The van der Waals surface area contributed by atoms with E-state index in [-0.39, 0.29) is 48.2 Å². The topological polar surface area (TPSA) is 94.1 Å². The number of hydrogen-bond acceptors (Lipinski definition) is 5. The molecule has 2 fully saturated rings. The fourth-order valence-corrected chi connectivity index (χ4v) is 5.32. The molecule has 0 bridgehead atoms. The zero-order valence-corrected chi connectivity index (χ0v) is 19.4. The number of thioether (sulfide) groups is 1. The van der Waals surface area contributed by atoms with Gasteiger partial charge in [0.15, 0.2) is 5.96 Å². The van der Waals surface area contributed by atoms with Gasteiger partial charge in [-0.15, -0.1) is 24.0 Å². The number of sulfonamides is 1. The molecule has 0 spiro atoms. The quantitative estimate of drug-likeness (QED) is 0.295. The molecule has 0 aromatic carbocycles. The molecule has 11 heteroatoms. The summed E-state index contributed by atoms with van der Waals surface area (Å²) >= 11 is 1.79. The Hall–Kier alpha value is -0.270. The van der Waals surface area contributed by atoms with Crippen LogP contribution in [-0.4, -0.2) is 92.6 Å². The Morgan fingerprint density at radius 2 is 2.04 bits per heavy atom. The highest BCUT2D eigenvalue weighted by atomic mass is 127. The predicted octanol–water partition coefficient (Wildman–Crippen LogP) is 0.159. The fraction of sp³-hybridized carbons (Fsp3) is 0.867. The van der Waals surface area contributed by atoms with E-state index in [4.69, 9.17) is 0 Å². The Balaban J connectivity index is 0.00000338. The van der Waals surface area contributed by atoms with Gasteiger partial charge in [0.05, 0.1) is 12.3 Å². The first-order valence-corrected chi connectivity index (χ1v) is 11.5. The monoisotopic (exact) mass is 519 g/mol. The van der Waals surface area contributed by atoms with Crippen molar-refractivity contribution in [2.24, 2.45) is 4.99 Å². The van der Waals surface area contributed by atoms with Gasteiger partial charge in [-0.25, -0.2) is 12.7 Å². The van der Waals surface area contributed by atoms with E-state index in [2.05, 4.69) is 15.6 Å². The molecular weight excluding hydrogens is 489 g/mol. The largest absolute Gasteiger partial charge is 0.357 e. The van der Waals surface area contributed by atoms with Crippen LogP contribution in [0.2, 0.25) is 0 Å². The summed E-state index contributed by atoms with van der Waals surface area (Å²) in [4.78, 5) is 17.7. The number of halogens is 1. The summed E-state index contributed by atoms with van der Waals surface area (Å²) in [6.45, 7) is 4.71. The minimum Gasteiger partial charge on any atom is -0.357 e. The Kier molecular flexibility index (Phi) is 10.6. The third-order valence-electron chi connectivity index (χ3n) is 4.29. The molecule has 2 N–H and O–H groups in total. The molecule has 1 unspecified atom stereocenters. The molecule has 1 amide bonds. The molecule has 152 valence electrons. The summed E-state index contributed by atoms with van der Waals surface area (Å²) < 4.78 is 26.3. The van der Waals surface area contributed by atoms with Crippen molar-refractivity contribution in [1.29, 1.82) is 0 Å². The average molecular weight is 519 g/mol. The molecule has 0 aromatic rings. The molecule has 0 radical (unpaired) electrons. The second-order valence-electron chi connectivity index (χ2n) is 6.24. The first-order chi connectivity index (χ1) is 11.9. The van der Waals surface area contributed by atoms with E-state index in [0.717, 1.165) is 17.9 Å². The summed E-state index contributed by atoms with van der Waals surface area (Å²) in [5.74, 6) is 2.52. The minimum atomic E-state index is -3.24. The van der Waals surface area contributed by atoms with Crippen LogP contribution in [0.3, 0.4) is 0 Å². The van der Waals surface area contributed by atoms with Crippen LogP contribution in [0.5, 0.6) is 0 Å². The van der Waals surface area contributed by atoms with Gasteiger partial charge in [0.25, 0.3) is 0 Å². The van der Waals surface area contributed by atoms with Gasteiger partial charge >= 0.3 is 0 Å². The Morgan fingerprint density at radius 3 is 2.65 bits per heavy atom. The molecule has 2 aliphatic rings. The van der Waals surface area contributed by atoms with Crippen LogP contribution >= 0.6 is 35.7 Å². The van der Waals surface area contributed by atoms with E-state index >= 15 is 0 Å². The van der Waals surface area contributed by atoms with Gasteiger partial charge in [-0.2, -0.15) is 11.8 Å². The maximum atomic E-state index is 12.4. The highest BCUT2D eigenvalue weighted by Gasteiger charge is 2.25. The van der Waals surface area contributed by atoms with E-state index in [0.29, 0.717) is 38.6 Å². The summed E-state index contributed by atoms with van der Waals surface area (Å²) in [6.07, 6.45) is 1.28. The second-order valence-corrected chi connectivity index (χ2v) is 9.56. The van der Waals surface area contributed by atoms with Gasteiger partial charge in [0.2, 0.25) is 15.9 Å². The van der Waals surface area contributed by atoms with Gasteiger partial charge in [0.1, 0.15) is 0 Å². The highest BCUT2D eigenvalue weighted by Crippen LogP contribution is 2.13. The van der Waals surface area contributed by atoms with Crippen LogP contribution in [0, 0.1) is 0 Å². The number of likely N-dealkylation sites (tertiary alicyclic amines) is 1. The number of guanidine groups is 1.